The Morgan fingerprint density at radius 3 is 2.50 bits per heavy atom. The number of rotatable bonds is 7. The number of hydrogen-bond acceptors (Lipinski definition) is 5. The van der Waals surface area contributed by atoms with Gasteiger partial charge in [0.2, 0.25) is 11.8 Å². The van der Waals surface area contributed by atoms with Crippen LogP contribution < -0.4 is 20.1 Å². The first kappa shape index (κ1) is 19.2. The van der Waals surface area contributed by atoms with Crippen molar-refractivity contribution in [2.45, 2.75) is 20.4 Å². The van der Waals surface area contributed by atoms with E-state index in [2.05, 4.69) is 15.6 Å². The first-order valence-electron chi connectivity index (χ1n) is 8.09. The van der Waals surface area contributed by atoms with Crippen molar-refractivity contribution < 1.29 is 19.1 Å². The molecule has 7 nitrogen and oxygen atoms in total. The lowest BCUT2D eigenvalue weighted by molar-refractivity contribution is -0.138. The number of anilines is 1. The number of methoxy groups -OCH3 is 2. The summed E-state index contributed by atoms with van der Waals surface area (Å²) in [5.41, 5.74) is 0.00698. The molecule has 2 aromatic rings. The molecule has 0 unspecified atom stereocenters. The number of benzene rings is 1. The molecule has 0 aliphatic rings. The fourth-order valence-electron chi connectivity index (χ4n) is 2.20. The SMILES string of the molecule is COc1ccc(OC)c(NC(=O)C(C)(C)C(=O)NCc2cccnc2)c1. The summed E-state index contributed by atoms with van der Waals surface area (Å²) in [4.78, 5) is 29.2. The van der Waals surface area contributed by atoms with Gasteiger partial charge < -0.3 is 20.1 Å². The second-order valence-electron chi connectivity index (χ2n) is 6.19. The quantitative estimate of drug-likeness (QED) is 0.743. The van der Waals surface area contributed by atoms with E-state index in [4.69, 9.17) is 9.47 Å². The molecule has 0 atom stereocenters. The van der Waals surface area contributed by atoms with Crippen molar-refractivity contribution >= 4 is 17.5 Å². The van der Waals surface area contributed by atoms with Gasteiger partial charge in [0.05, 0.1) is 19.9 Å². The van der Waals surface area contributed by atoms with Crippen LogP contribution in [-0.2, 0) is 16.1 Å². The molecule has 1 heterocycles. The molecule has 0 saturated carbocycles. The number of pyridine rings is 1. The molecule has 0 bridgehead atoms. The molecule has 26 heavy (non-hydrogen) atoms. The van der Waals surface area contributed by atoms with Gasteiger partial charge in [0.25, 0.3) is 0 Å². The number of hydrogen-bond donors (Lipinski definition) is 2. The van der Waals surface area contributed by atoms with E-state index in [0.29, 0.717) is 23.7 Å². The molecule has 0 aliphatic carbocycles. The molecule has 2 rings (SSSR count). The van der Waals surface area contributed by atoms with Crippen molar-refractivity contribution in [3.8, 4) is 11.5 Å². The number of carbonyl (C=O) groups excluding carboxylic acids is 2. The molecule has 0 radical (unpaired) electrons. The smallest absolute Gasteiger partial charge is 0.239 e. The van der Waals surface area contributed by atoms with Gasteiger partial charge in [0.1, 0.15) is 16.9 Å². The van der Waals surface area contributed by atoms with E-state index in [-0.39, 0.29) is 5.91 Å². The normalized spacial score (nSPS) is 10.8. The molecule has 1 aromatic carbocycles. The highest BCUT2D eigenvalue weighted by Crippen LogP contribution is 2.30. The molecular weight excluding hydrogens is 334 g/mol. The molecule has 2 amide bonds. The van der Waals surface area contributed by atoms with E-state index in [1.165, 1.54) is 14.2 Å². The van der Waals surface area contributed by atoms with Crippen molar-refractivity contribution in [1.29, 1.82) is 0 Å². The maximum absolute atomic E-state index is 12.7. The molecule has 2 N–H and O–H groups in total. The average Bonchev–Trinajstić information content (AvgIpc) is 2.66. The summed E-state index contributed by atoms with van der Waals surface area (Å²) in [5, 5.41) is 5.50. The predicted molar refractivity (Wildman–Crippen MR) is 98.0 cm³/mol. The van der Waals surface area contributed by atoms with Gasteiger partial charge in [-0.3, -0.25) is 14.6 Å². The van der Waals surface area contributed by atoms with E-state index in [9.17, 15) is 9.59 Å². The second-order valence-corrected chi connectivity index (χ2v) is 6.19. The Morgan fingerprint density at radius 1 is 1.12 bits per heavy atom. The summed E-state index contributed by atoms with van der Waals surface area (Å²) in [6.45, 7) is 3.42. The Morgan fingerprint density at radius 2 is 1.88 bits per heavy atom. The van der Waals surface area contributed by atoms with E-state index in [0.717, 1.165) is 5.56 Å². The molecule has 7 heteroatoms. The minimum atomic E-state index is -1.28. The summed E-state index contributed by atoms with van der Waals surface area (Å²) < 4.78 is 10.4. The Hall–Kier alpha value is -3.09. The van der Waals surface area contributed by atoms with Crippen LogP contribution in [0.4, 0.5) is 5.69 Å². The van der Waals surface area contributed by atoms with E-state index < -0.39 is 11.3 Å². The van der Waals surface area contributed by atoms with Crippen LogP contribution in [0.15, 0.2) is 42.7 Å². The first-order chi connectivity index (χ1) is 12.4. The van der Waals surface area contributed by atoms with Crippen molar-refractivity contribution in [3.63, 3.8) is 0 Å². The lowest BCUT2D eigenvalue weighted by Crippen LogP contribution is -2.44. The summed E-state index contributed by atoms with van der Waals surface area (Å²) in [7, 11) is 3.03. The van der Waals surface area contributed by atoms with Gasteiger partial charge >= 0.3 is 0 Å². The van der Waals surface area contributed by atoms with Gasteiger partial charge in [-0.2, -0.15) is 0 Å². The summed E-state index contributed by atoms with van der Waals surface area (Å²) in [6.07, 6.45) is 3.32. The number of ether oxygens (including phenoxy) is 2. The molecule has 0 spiro atoms. The van der Waals surface area contributed by atoms with Crippen LogP contribution in [0.5, 0.6) is 11.5 Å². The average molecular weight is 357 g/mol. The number of carbonyl (C=O) groups is 2. The maximum Gasteiger partial charge on any atom is 0.239 e. The number of aromatic nitrogens is 1. The van der Waals surface area contributed by atoms with E-state index >= 15 is 0 Å². The van der Waals surface area contributed by atoms with Crippen LogP contribution in [0.3, 0.4) is 0 Å². The highest BCUT2D eigenvalue weighted by Gasteiger charge is 2.36. The first-order valence-corrected chi connectivity index (χ1v) is 8.09. The fraction of sp³-hybridized carbons (Fsp3) is 0.316. The Kier molecular flexibility index (Phi) is 6.16. The molecule has 0 fully saturated rings. The summed E-state index contributed by atoms with van der Waals surface area (Å²) >= 11 is 0. The lowest BCUT2D eigenvalue weighted by atomic mass is 9.90. The Labute approximate surface area is 152 Å². The van der Waals surface area contributed by atoms with Crippen LogP contribution in [0.25, 0.3) is 0 Å². The standard InChI is InChI=1S/C19H23N3O4/c1-19(2,17(23)21-12-13-6-5-9-20-11-13)18(24)22-15-10-14(25-3)7-8-16(15)26-4/h5-11H,12H2,1-4H3,(H,21,23)(H,22,24). The van der Waals surface area contributed by atoms with Gasteiger partial charge in [-0.1, -0.05) is 6.07 Å². The Bertz CT molecular complexity index is 776. The minimum Gasteiger partial charge on any atom is -0.497 e. The van der Waals surface area contributed by atoms with Crippen molar-refractivity contribution in [1.82, 2.24) is 10.3 Å². The third-order valence-corrected chi connectivity index (χ3v) is 3.97. The third kappa shape index (κ3) is 4.50. The van der Waals surface area contributed by atoms with Gasteiger partial charge in [0, 0.05) is 25.0 Å². The molecular formula is C19H23N3O4. The monoisotopic (exact) mass is 357 g/mol. The van der Waals surface area contributed by atoms with Crippen LogP contribution >= 0.6 is 0 Å². The highest BCUT2D eigenvalue weighted by atomic mass is 16.5. The van der Waals surface area contributed by atoms with Crippen LogP contribution in [0, 0.1) is 5.41 Å². The third-order valence-electron chi connectivity index (χ3n) is 3.97. The Balaban J connectivity index is 2.08. The summed E-state index contributed by atoms with van der Waals surface area (Å²) in [6, 6.07) is 8.68. The predicted octanol–water partition coefficient (Wildman–Crippen LogP) is 2.38. The fourth-order valence-corrected chi connectivity index (χ4v) is 2.20. The van der Waals surface area contributed by atoms with Crippen molar-refractivity contribution in [2.24, 2.45) is 5.41 Å². The van der Waals surface area contributed by atoms with Crippen molar-refractivity contribution in [3.05, 3.63) is 48.3 Å². The van der Waals surface area contributed by atoms with Gasteiger partial charge in [-0.25, -0.2) is 0 Å². The van der Waals surface area contributed by atoms with Gasteiger partial charge in [0.15, 0.2) is 0 Å². The zero-order valence-electron chi connectivity index (χ0n) is 15.3. The van der Waals surface area contributed by atoms with Crippen LogP contribution in [0.2, 0.25) is 0 Å². The molecule has 1 aromatic heterocycles. The number of amides is 2. The molecule has 0 saturated heterocycles. The molecule has 138 valence electrons. The second kappa shape index (κ2) is 8.33. The number of nitrogens with zero attached hydrogens (tertiary/aromatic N) is 1. The maximum atomic E-state index is 12.7. The van der Waals surface area contributed by atoms with Crippen LogP contribution in [-0.4, -0.2) is 31.0 Å². The minimum absolute atomic E-state index is 0.297. The van der Waals surface area contributed by atoms with Gasteiger partial charge in [-0.05, 0) is 37.6 Å². The van der Waals surface area contributed by atoms with E-state index in [1.54, 1.807) is 50.5 Å². The number of nitrogens with one attached hydrogen (secondary N) is 2. The van der Waals surface area contributed by atoms with Gasteiger partial charge in [-0.15, -0.1) is 0 Å². The summed E-state index contributed by atoms with van der Waals surface area (Å²) in [5.74, 6) is 0.208. The molecule has 0 aliphatic heterocycles. The zero-order chi connectivity index (χ0) is 19.2. The van der Waals surface area contributed by atoms with Crippen molar-refractivity contribution in [2.75, 3.05) is 19.5 Å². The largest absolute Gasteiger partial charge is 0.497 e. The highest BCUT2D eigenvalue weighted by molar-refractivity contribution is 6.10. The zero-order valence-corrected chi connectivity index (χ0v) is 15.3. The van der Waals surface area contributed by atoms with E-state index in [1.807, 2.05) is 6.07 Å². The topological polar surface area (TPSA) is 89.5 Å². The lowest BCUT2D eigenvalue weighted by Gasteiger charge is -2.23. The van der Waals surface area contributed by atoms with Crippen LogP contribution in [0.1, 0.15) is 19.4 Å².